The molecule has 0 aliphatic carbocycles. The van der Waals surface area contributed by atoms with E-state index in [1.165, 1.54) is 13.2 Å². The number of benzene rings is 1. The van der Waals surface area contributed by atoms with Crippen LogP contribution in [-0.4, -0.2) is 12.2 Å². The number of phenolic OH excluding ortho intramolecular Hbond substituents is 1. The normalized spacial score (nSPS) is 9.69. The van der Waals surface area contributed by atoms with Crippen LogP contribution >= 0.6 is 11.6 Å². The van der Waals surface area contributed by atoms with Crippen molar-refractivity contribution in [2.75, 3.05) is 7.11 Å². The summed E-state index contributed by atoms with van der Waals surface area (Å²) in [5.74, 6) is 0.738. The quantitative estimate of drug-likeness (QED) is 0.757. The maximum Gasteiger partial charge on any atom is 0.138 e. The minimum absolute atomic E-state index is 0.172. The van der Waals surface area contributed by atoms with Crippen LogP contribution in [0.4, 0.5) is 0 Å². The summed E-state index contributed by atoms with van der Waals surface area (Å²) in [6.45, 7) is 3.59. The molecular weight excluding hydrogens is 188 g/mol. The molecule has 1 aromatic carbocycles. The molecule has 1 rings (SSSR count). The molecular formula is C10H11ClO2. The molecule has 0 amide bonds. The predicted molar refractivity (Wildman–Crippen MR) is 53.6 cm³/mol. The first kappa shape index (κ1) is 9.93. The molecule has 0 aliphatic rings. The molecule has 0 atom stereocenters. The fourth-order valence-electron chi connectivity index (χ4n) is 1.06. The molecule has 70 valence electrons. The highest BCUT2D eigenvalue weighted by molar-refractivity contribution is 6.32. The van der Waals surface area contributed by atoms with Crippen molar-refractivity contribution in [1.82, 2.24) is 0 Å². The lowest BCUT2D eigenvalue weighted by Gasteiger charge is -2.07. The van der Waals surface area contributed by atoms with Gasteiger partial charge in [0.25, 0.3) is 0 Å². The summed E-state index contributed by atoms with van der Waals surface area (Å²) in [5, 5.41) is 9.86. The molecule has 0 heterocycles. The second kappa shape index (κ2) is 4.19. The average Bonchev–Trinajstić information content (AvgIpc) is 2.10. The van der Waals surface area contributed by atoms with Gasteiger partial charge in [0.15, 0.2) is 0 Å². The van der Waals surface area contributed by atoms with E-state index in [9.17, 15) is 5.11 Å². The van der Waals surface area contributed by atoms with E-state index in [-0.39, 0.29) is 5.75 Å². The molecule has 0 radical (unpaired) electrons. The zero-order valence-corrected chi connectivity index (χ0v) is 8.14. The third kappa shape index (κ3) is 2.16. The Morgan fingerprint density at radius 3 is 2.85 bits per heavy atom. The Bertz CT molecular complexity index is 321. The molecule has 0 saturated heterocycles. The van der Waals surface area contributed by atoms with E-state index in [0.717, 1.165) is 5.56 Å². The first-order valence-corrected chi connectivity index (χ1v) is 4.23. The van der Waals surface area contributed by atoms with Crippen molar-refractivity contribution >= 4 is 11.6 Å². The molecule has 2 nitrogen and oxygen atoms in total. The van der Waals surface area contributed by atoms with Crippen molar-refractivity contribution in [3.05, 3.63) is 35.4 Å². The van der Waals surface area contributed by atoms with E-state index >= 15 is 0 Å². The summed E-state index contributed by atoms with van der Waals surface area (Å²) in [4.78, 5) is 0. The number of methoxy groups -OCH3 is 1. The number of phenols is 1. The minimum Gasteiger partial charge on any atom is -0.508 e. The van der Waals surface area contributed by atoms with Gasteiger partial charge in [0.1, 0.15) is 11.5 Å². The summed E-state index contributed by atoms with van der Waals surface area (Å²) >= 11 is 5.79. The van der Waals surface area contributed by atoms with Crippen molar-refractivity contribution in [2.24, 2.45) is 0 Å². The summed E-state index contributed by atoms with van der Waals surface area (Å²) < 4.78 is 5.01. The average molecular weight is 199 g/mol. The number of allylic oxidation sites excluding steroid dienone is 1. The van der Waals surface area contributed by atoms with Crippen molar-refractivity contribution in [1.29, 1.82) is 0 Å². The van der Waals surface area contributed by atoms with Gasteiger partial charge in [-0.05, 0) is 12.5 Å². The van der Waals surface area contributed by atoms with E-state index in [0.29, 0.717) is 17.2 Å². The highest BCUT2D eigenvalue weighted by atomic mass is 35.5. The maximum atomic E-state index is 9.45. The Balaban J connectivity index is 3.13. The van der Waals surface area contributed by atoms with Crippen molar-refractivity contribution < 1.29 is 9.84 Å². The van der Waals surface area contributed by atoms with Crippen molar-refractivity contribution in [3.63, 3.8) is 0 Å². The Morgan fingerprint density at radius 1 is 1.62 bits per heavy atom. The molecule has 0 bridgehead atoms. The summed E-state index contributed by atoms with van der Waals surface area (Å²) in [6.07, 6.45) is 2.31. The number of ether oxygens (including phenoxy) is 1. The number of hydrogen-bond acceptors (Lipinski definition) is 2. The van der Waals surface area contributed by atoms with Gasteiger partial charge < -0.3 is 9.84 Å². The summed E-state index contributed by atoms with van der Waals surface area (Å²) in [7, 11) is 1.54. The van der Waals surface area contributed by atoms with Crippen LogP contribution in [0.5, 0.6) is 11.5 Å². The van der Waals surface area contributed by atoms with Gasteiger partial charge in [-0.25, -0.2) is 0 Å². The van der Waals surface area contributed by atoms with E-state index in [4.69, 9.17) is 16.3 Å². The topological polar surface area (TPSA) is 29.5 Å². The van der Waals surface area contributed by atoms with Crippen molar-refractivity contribution in [2.45, 2.75) is 6.42 Å². The highest BCUT2D eigenvalue weighted by Crippen LogP contribution is 2.31. The number of rotatable bonds is 3. The fraction of sp³-hybridized carbons (Fsp3) is 0.200. The Morgan fingerprint density at radius 2 is 2.31 bits per heavy atom. The van der Waals surface area contributed by atoms with Crippen LogP contribution in [0.2, 0.25) is 5.02 Å². The zero-order valence-electron chi connectivity index (χ0n) is 7.38. The van der Waals surface area contributed by atoms with Crippen LogP contribution in [0.15, 0.2) is 24.8 Å². The van der Waals surface area contributed by atoms with Crippen LogP contribution in [0.25, 0.3) is 0 Å². The molecule has 0 fully saturated rings. The monoisotopic (exact) mass is 198 g/mol. The molecule has 0 aromatic heterocycles. The number of aromatic hydroxyl groups is 1. The van der Waals surface area contributed by atoms with Gasteiger partial charge in [0, 0.05) is 11.6 Å². The minimum atomic E-state index is 0.172. The van der Waals surface area contributed by atoms with Gasteiger partial charge in [-0.15, -0.1) is 6.58 Å². The van der Waals surface area contributed by atoms with Gasteiger partial charge in [-0.3, -0.25) is 0 Å². The lowest BCUT2D eigenvalue weighted by Crippen LogP contribution is -1.88. The van der Waals surface area contributed by atoms with Crippen LogP contribution in [0, 0.1) is 0 Å². The van der Waals surface area contributed by atoms with Gasteiger partial charge in [-0.1, -0.05) is 17.7 Å². The van der Waals surface area contributed by atoms with E-state index in [1.807, 2.05) is 0 Å². The van der Waals surface area contributed by atoms with Gasteiger partial charge in [0.2, 0.25) is 0 Å². The van der Waals surface area contributed by atoms with Crippen molar-refractivity contribution in [3.8, 4) is 11.5 Å². The van der Waals surface area contributed by atoms with Gasteiger partial charge in [0.05, 0.1) is 12.1 Å². The second-order valence-electron chi connectivity index (χ2n) is 2.61. The van der Waals surface area contributed by atoms with Crippen LogP contribution in [0.1, 0.15) is 5.56 Å². The Kier molecular flexibility index (Phi) is 3.20. The lowest BCUT2D eigenvalue weighted by atomic mass is 10.1. The molecule has 0 saturated carbocycles. The van der Waals surface area contributed by atoms with Gasteiger partial charge >= 0.3 is 0 Å². The van der Waals surface area contributed by atoms with E-state index in [1.54, 1.807) is 12.1 Å². The smallest absolute Gasteiger partial charge is 0.138 e. The van der Waals surface area contributed by atoms with E-state index < -0.39 is 0 Å². The molecule has 0 spiro atoms. The predicted octanol–water partition coefficient (Wildman–Crippen LogP) is 2.78. The zero-order chi connectivity index (χ0) is 9.84. The molecule has 3 heteroatoms. The van der Waals surface area contributed by atoms with Gasteiger partial charge in [-0.2, -0.15) is 0 Å². The SMILES string of the molecule is C=CCc1cc(OC)c(Cl)cc1O. The Hall–Kier alpha value is -1.15. The largest absolute Gasteiger partial charge is 0.508 e. The highest BCUT2D eigenvalue weighted by Gasteiger charge is 2.06. The summed E-state index contributed by atoms with van der Waals surface area (Å²) in [5.41, 5.74) is 0.760. The third-order valence-electron chi connectivity index (χ3n) is 1.72. The second-order valence-corrected chi connectivity index (χ2v) is 3.02. The summed E-state index contributed by atoms with van der Waals surface area (Å²) in [6, 6.07) is 3.18. The lowest BCUT2D eigenvalue weighted by molar-refractivity contribution is 0.411. The molecule has 1 N–H and O–H groups in total. The molecule has 0 aliphatic heterocycles. The third-order valence-corrected chi connectivity index (χ3v) is 2.01. The standard InChI is InChI=1S/C10H11ClO2/c1-3-4-7-5-10(13-2)8(11)6-9(7)12/h3,5-6,12H,1,4H2,2H3. The molecule has 13 heavy (non-hydrogen) atoms. The van der Waals surface area contributed by atoms with Crippen LogP contribution in [0.3, 0.4) is 0 Å². The first-order chi connectivity index (χ1) is 6.19. The van der Waals surface area contributed by atoms with E-state index in [2.05, 4.69) is 6.58 Å². The van der Waals surface area contributed by atoms with Crippen LogP contribution < -0.4 is 4.74 Å². The first-order valence-electron chi connectivity index (χ1n) is 3.85. The number of hydrogen-bond donors (Lipinski definition) is 1. The maximum absolute atomic E-state index is 9.45. The molecule has 0 unspecified atom stereocenters. The number of halogens is 1. The molecule has 1 aromatic rings. The van der Waals surface area contributed by atoms with Crippen LogP contribution in [-0.2, 0) is 6.42 Å². The fourth-order valence-corrected chi connectivity index (χ4v) is 1.30. The Labute approximate surface area is 82.4 Å².